The van der Waals surface area contributed by atoms with Crippen molar-refractivity contribution >= 4 is 17.4 Å². The van der Waals surface area contributed by atoms with Gasteiger partial charge >= 0.3 is 0 Å². The van der Waals surface area contributed by atoms with Gasteiger partial charge < -0.3 is 15.4 Å². The van der Waals surface area contributed by atoms with E-state index in [1.165, 1.54) is 6.07 Å². The van der Waals surface area contributed by atoms with Gasteiger partial charge in [0.15, 0.2) is 0 Å². The van der Waals surface area contributed by atoms with Gasteiger partial charge in [0.1, 0.15) is 28.9 Å². The summed E-state index contributed by atoms with van der Waals surface area (Å²) < 4.78 is 18.9. The number of carbonyl (C=O) groups is 1. The Morgan fingerprint density at radius 3 is 2.70 bits per heavy atom. The van der Waals surface area contributed by atoms with Crippen LogP contribution in [0.1, 0.15) is 21.9 Å². The summed E-state index contributed by atoms with van der Waals surface area (Å²) in [5.41, 5.74) is 1.38. The first-order chi connectivity index (χ1) is 13.0. The number of carbonyl (C=O) groups excluding carboxylic acids is 1. The molecule has 27 heavy (non-hydrogen) atoms. The minimum atomic E-state index is -0.405. The molecule has 2 aromatic carbocycles. The molecule has 0 unspecified atom stereocenters. The fraction of sp³-hybridized carbons (Fsp3) is 0.150. The lowest BCUT2D eigenvalue weighted by Gasteiger charge is -2.10. The molecule has 0 radical (unpaired) electrons. The minimum absolute atomic E-state index is 0.0766. The Kier molecular flexibility index (Phi) is 5.61. The van der Waals surface area contributed by atoms with Crippen LogP contribution in [-0.4, -0.2) is 23.0 Å². The van der Waals surface area contributed by atoms with Crippen molar-refractivity contribution in [1.29, 1.82) is 0 Å². The maximum Gasteiger partial charge on any atom is 0.270 e. The summed E-state index contributed by atoms with van der Waals surface area (Å²) >= 11 is 0. The van der Waals surface area contributed by atoms with E-state index in [1.54, 1.807) is 38.3 Å². The maximum atomic E-state index is 13.7. The Labute approximate surface area is 156 Å². The third kappa shape index (κ3) is 4.78. The zero-order valence-electron chi connectivity index (χ0n) is 15.0. The van der Waals surface area contributed by atoms with Crippen LogP contribution in [0.25, 0.3) is 0 Å². The number of amides is 1. The highest BCUT2D eigenvalue weighted by Gasteiger charge is 2.12. The smallest absolute Gasteiger partial charge is 0.270 e. The summed E-state index contributed by atoms with van der Waals surface area (Å²) in [5.74, 6) is 0.855. The van der Waals surface area contributed by atoms with Crippen LogP contribution in [0, 0.1) is 12.7 Å². The summed E-state index contributed by atoms with van der Waals surface area (Å²) in [4.78, 5) is 20.9. The molecule has 0 saturated heterocycles. The molecular formula is C20H19FN4O2. The predicted octanol–water partition coefficient (Wildman–Crippen LogP) is 3.61. The van der Waals surface area contributed by atoms with Crippen LogP contribution in [-0.2, 0) is 6.54 Å². The van der Waals surface area contributed by atoms with Crippen LogP contribution in [0.5, 0.6) is 5.75 Å². The van der Waals surface area contributed by atoms with Gasteiger partial charge in [-0.15, -0.1) is 0 Å². The first kappa shape index (κ1) is 18.3. The molecule has 138 valence electrons. The van der Waals surface area contributed by atoms with Crippen molar-refractivity contribution in [2.24, 2.45) is 0 Å². The molecule has 3 rings (SSSR count). The number of ether oxygens (including phenoxy) is 1. The van der Waals surface area contributed by atoms with E-state index >= 15 is 0 Å². The lowest BCUT2D eigenvalue weighted by molar-refractivity contribution is 0.0945. The lowest BCUT2D eigenvalue weighted by atomic mass is 10.2. The number of anilines is 2. The quantitative estimate of drug-likeness (QED) is 0.697. The first-order valence-corrected chi connectivity index (χ1v) is 8.33. The van der Waals surface area contributed by atoms with Crippen LogP contribution < -0.4 is 15.4 Å². The fourth-order valence-corrected chi connectivity index (χ4v) is 2.50. The van der Waals surface area contributed by atoms with Crippen LogP contribution in [0.4, 0.5) is 15.9 Å². The molecule has 0 fully saturated rings. The van der Waals surface area contributed by atoms with Crippen molar-refractivity contribution in [2.75, 3.05) is 12.4 Å². The molecule has 2 N–H and O–H groups in total. The van der Waals surface area contributed by atoms with Gasteiger partial charge in [0.25, 0.3) is 5.91 Å². The Morgan fingerprint density at radius 1 is 1.11 bits per heavy atom. The topological polar surface area (TPSA) is 76.1 Å². The van der Waals surface area contributed by atoms with E-state index in [-0.39, 0.29) is 18.1 Å². The van der Waals surface area contributed by atoms with Crippen LogP contribution in [0.15, 0.2) is 54.6 Å². The number of hydrogen-bond donors (Lipinski definition) is 2. The number of aryl methyl sites for hydroxylation is 1. The molecule has 1 heterocycles. The van der Waals surface area contributed by atoms with Gasteiger partial charge in [-0.25, -0.2) is 14.4 Å². The Hall–Kier alpha value is -3.48. The second-order valence-electron chi connectivity index (χ2n) is 5.82. The first-order valence-electron chi connectivity index (χ1n) is 8.33. The van der Waals surface area contributed by atoms with Gasteiger partial charge in [-0.1, -0.05) is 24.3 Å². The maximum absolute atomic E-state index is 13.7. The number of hydrogen-bond acceptors (Lipinski definition) is 5. The molecule has 7 heteroatoms. The third-order valence-corrected chi connectivity index (χ3v) is 3.81. The summed E-state index contributed by atoms with van der Waals surface area (Å²) in [6.07, 6.45) is 0. The molecule has 3 aromatic rings. The number of nitrogens with one attached hydrogen (secondary N) is 2. The van der Waals surface area contributed by atoms with E-state index in [2.05, 4.69) is 20.6 Å². The highest BCUT2D eigenvalue weighted by molar-refractivity contribution is 5.93. The van der Waals surface area contributed by atoms with Crippen molar-refractivity contribution in [3.05, 3.63) is 77.5 Å². The number of aromatic nitrogens is 2. The molecule has 0 aliphatic heterocycles. The van der Waals surface area contributed by atoms with E-state index in [1.807, 2.05) is 24.3 Å². The molecule has 0 bridgehead atoms. The van der Waals surface area contributed by atoms with E-state index in [4.69, 9.17) is 4.74 Å². The fourth-order valence-electron chi connectivity index (χ4n) is 2.50. The molecule has 1 amide bonds. The monoisotopic (exact) mass is 366 g/mol. The van der Waals surface area contributed by atoms with E-state index < -0.39 is 5.91 Å². The van der Waals surface area contributed by atoms with Gasteiger partial charge in [0, 0.05) is 29.9 Å². The van der Waals surface area contributed by atoms with Crippen LogP contribution in [0.2, 0.25) is 0 Å². The molecule has 6 nitrogen and oxygen atoms in total. The third-order valence-electron chi connectivity index (χ3n) is 3.81. The molecule has 0 aliphatic carbocycles. The van der Waals surface area contributed by atoms with E-state index in [9.17, 15) is 9.18 Å². The molecule has 0 saturated carbocycles. The summed E-state index contributed by atoms with van der Waals surface area (Å²) in [6, 6.07) is 15.2. The summed E-state index contributed by atoms with van der Waals surface area (Å²) in [7, 11) is 1.59. The van der Waals surface area contributed by atoms with Gasteiger partial charge in [0.05, 0.1) is 7.11 Å². The highest BCUT2D eigenvalue weighted by atomic mass is 19.1. The van der Waals surface area contributed by atoms with Crippen LogP contribution >= 0.6 is 0 Å². The van der Waals surface area contributed by atoms with E-state index in [0.29, 0.717) is 23.0 Å². The average Bonchev–Trinajstić information content (AvgIpc) is 2.67. The predicted molar refractivity (Wildman–Crippen MR) is 101 cm³/mol. The minimum Gasteiger partial charge on any atom is -0.497 e. The molecule has 0 atom stereocenters. The Morgan fingerprint density at radius 2 is 1.93 bits per heavy atom. The second-order valence-corrected chi connectivity index (χ2v) is 5.82. The molecule has 0 spiro atoms. The zero-order valence-corrected chi connectivity index (χ0v) is 15.0. The normalized spacial score (nSPS) is 10.3. The lowest BCUT2D eigenvalue weighted by Crippen LogP contribution is -2.25. The molecule has 0 aliphatic rings. The van der Waals surface area contributed by atoms with Gasteiger partial charge in [-0.3, -0.25) is 4.79 Å². The van der Waals surface area contributed by atoms with Crippen LogP contribution in [0.3, 0.4) is 0 Å². The van der Waals surface area contributed by atoms with Crippen molar-refractivity contribution in [3.8, 4) is 5.75 Å². The van der Waals surface area contributed by atoms with Crippen molar-refractivity contribution < 1.29 is 13.9 Å². The standard InChI is InChI=1S/C20H19FN4O2/c1-13-23-18(20(26)22-12-14-6-3-4-9-17(14)21)11-19(24-13)25-15-7-5-8-16(10-15)27-2/h3-11H,12H2,1-2H3,(H,22,26)(H,23,24,25). The van der Waals surface area contributed by atoms with Crippen molar-refractivity contribution in [3.63, 3.8) is 0 Å². The van der Waals surface area contributed by atoms with Crippen molar-refractivity contribution in [1.82, 2.24) is 15.3 Å². The molecule has 1 aromatic heterocycles. The SMILES string of the molecule is COc1cccc(Nc2cc(C(=O)NCc3ccccc3F)nc(C)n2)c1. The van der Waals surface area contributed by atoms with Gasteiger partial charge in [-0.05, 0) is 25.1 Å². The summed E-state index contributed by atoms with van der Waals surface area (Å²) in [5, 5.41) is 5.80. The average molecular weight is 366 g/mol. The zero-order chi connectivity index (χ0) is 19.2. The highest BCUT2D eigenvalue weighted by Crippen LogP contribution is 2.20. The number of methoxy groups -OCH3 is 1. The number of rotatable bonds is 6. The van der Waals surface area contributed by atoms with Crippen molar-refractivity contribution in [2.45, 2.75) is 13.5 Å². The van der Waals surface area contributed by atoms with Gasteiger partial charge in [-0.2, -0.15) is 0 Å². The number of benzene rings is 2. The summed E-state index contributed by atoms with van der Waals surface area (Å²) in [6.45, 7) is 1.78. The molecular weight excluding hydrogens is 347 g/mol. The number of nitrogens with zero attached hydrogens (tertiary/aromatic N) is 2. The Bertz CT molecular complexity index is 962. The second kappa shape index (κ2) is 8.27. The Balaban J connectivity index is 1.74. The van der Waals surface area contributed by atoms with E-state index in [0.717, 1.165) is 5.69 Å². The largest absolute Gasteiger partial charge is 0.497 e. The van der Waals surface area contributed by atoms with Gasteiger partial charge in [0.2, 0.25) is 0 Å². The number of halogens is 1.